The number of rotatable bonds is 6. The van der Waals surface area contributed by atoms with Crippen molar-refractivity contribution in [3.63, 3.8) is 0 Å². The third-order valence-electron chi connectivity index (χ3n) is 4.61. The van der Waals surface area contributed by atoms with Crippen LogP contribution in [-0.4, -0.2) is 12.6 Å². The Hall–Kier alpha value is -0.340. The van der Waals surface area contributed by atoms with Crippen molar-refractivity contribution in [3.8, 4) is 0 Å². The minimum atomic E-state index is 0.578. The van der Waals surface area contributed by atoms with Crippen molar-refractivity contribution in [2.45, 2.75) is 65.3 Å². The third kappa shape index (κ3) is 4.61. The van der Waals surface area contributed by atoms with E-state index < -0.39 is 0 Å². The van der Waals surface area contributed by atoms with Gasteiger partial charge in [-0.1, -0.05) is 26.8 Å². The molecule has 1 fully saturated rings. The van der Waals surface area contributed by atoms with E-state index in [1.54, 1.807) is 4.88 Å². The van der Waals surface area contributed by atoms with Gasteiger partial charge >= 0.3 is 0 Å². The normalized spacial score (nSPS) is 21.4. The molecule has 2 rings (SSSR count). The molecule has 1 aliphatic carbocycles. The molecule has 1 saturated carbocycles. The Morgan fingerprint density at radius 3 is 2.68 bits per heavy atom. The van der Waals surface area contributed by atoms with E-state index in [4.69, 9.17) is 0 Å². The highest BCUT2D eigenvalue weighted by atomic mass is 32.1. The minimum Gasteiger partial charge on any atom is -0.313 e. The Morgan fingerprint density at radius 1 is 1.37 bits per heavy atom. The summed E-state index contributed by atoms with van der Waals surface area (Å²) in [5.41, 5.74) is 0.578. The summed E-state index contributed by atoms with van der Waals surface area (Å²) in [7, 11) is 0. The first-order chi connectivity index (χ1) is 9.11. The zero-order valence-corrected chi connectivity index (χ0v) is 13.6. The summed E-state index contributed by atoms with van der Waals surface area (Å²) in [6, 6.07) is 5.16. The molecule has 0 saturated heterocycles. The van der Waals surface area contributed by atoms with Gasteiger partial charge in [-0.2, -0.15) is 0 Å². The fourth-order valence-corrected chi connectivity index (χ4v) is 3.97. The Balaban J connectivity index is 1.93. The second-order valence-electron chi connectivity index (χ2n) is 6.85. The van der Waals surface area contributed by atoms with Crippen LogP contribution in [0.4, 0.5) is 0 Å². The van der Waals surface area contributed by atoms with Gasteiger partial charge in [0.15, 0.2) is 0 Å². The lowest BCUT2D eigenvalue weighted by Crippen LogP contribution is -2.41. The minimum absolute atomic E-state index is 0.578. The first-order valence-electron chi connectivity index (χ1n) is 7.86. The summed E-state index contributed by atoms with van der Waals surface area (Å²) in [6.07, 6.45) is 8.06. The van der Waals surface area contributed by atoms with Crippen LogP contribution in [-0.2, 0) is 6.42 Å². The molecule has 0 radical (unpaired) electrons. The quantitative estimate of drug-likeness (QED) is 0.783. The van der Waals surface area contributed by atoms with E-state index in [0.717, 1.165) is 12.5 Å². The van der Waals surface area contributed by atoms with E-state index in [0.29, 0.717) is 11.5 Å². The molecule has 0 amide bonds. The second kappa shape index (κ2) is 6.90. The standard InChI is InChI=1S/C17H29NS/c1-4-11-18-16(13-15-6-5-12-19-15)14-7-9-17(2,3)10-8-14/h5-6,12,14,16,18H,4,7-11,13H2,1-3H3. The first-order valence-corrected chi connectivity index (χ1v) is 8.74. The molecule has 1 N–H and O–H groups in total. The van der Waals surface area contributed by atoms with Crippen LogP contribution in [0, 0.1) is 11.3 Å². The summed E-state index contributed by atoms with van der Waals surface area (Å²) >= 11 is 1.91. The van der Waals surface area contributed by atoms with Crippen LogP contribution in [0.3, 0.4) is 0 Å². The zero-order chi connectivity index (χ0) is 13.7. The van der Waals surface area contributed by atoms with Crippen LogP contribution < -0.4 is 5.32 Å². The Bertz CT molecular complexity index is 345. The molecule has 108 valence electrons. The summed E-state index contributed by atoms with van der Waals surface area (Å²) < 4.78 is 0. The molecule has 1 heterocycles. The predicted octanol–water partition coefficient (Wildman–Crippen LogP) is 4.88. The smallest absolute Gasteiger partial charge is 0.0144 e. The van der Waals surface area contributed by atoms with Gasteiger partial charge in [0.1, 0.15) is 0 Å². The molecule has 0 spiro atoms. The Labute approximate surface area is 122 Å². The fourth-order valence-electron chi connectivity index (χ4n) is 3.20. The van der Waals surface area contributed by atoms with Gasteiger partial charge < -0.3 is 5.32 Å². The number of hydrogen-bond donors (Lipinski definition) is 1. The highest BCUT2D eigenvalue weighted by Gasteiger charge is 2.31. The van der Waals surface area contributed by atoms with E-state index in [2.05, 4.69) is 43.6 Å². The van der Waals surface area contributed by atoms with Crippen molar-refractivity contribution in [3.05, 3.63) is 22.4 Å². The van der Waals surface area contributed by atoms with E-state index in [9.17, 15) is 0 Å². The van der Waals surface area contributed by atoms with Gasteiger partial charge in [0.2, 0.25) is 0 Å². The van der Waals surface area contributed by atoms with Crippen LogP contribution in [0.2, 0.25) is 0 Å². The van der Waals surface area contributed by atoms with E-state index in [-0.39, 0.29) is 0 Å². The first kappa shape index (κ1) is 15.1. The average molecular weight is 279 g/mol. The van der Waals surface area contributed by atoms with Gasteiger partial charge in [0.25, 0.3) is 0 Å². The molecule has 1 nitrogen and oxygen atoms in total. The van der Waals surface area contributed by atoms with Crippen LogP contribution in [0.1, 0.15) is 57.8 Å². The van der Waals surface area contributed by atoms with Crippen LogP contribution in [0.5, 0.6) is 0 Å². The van der Waals surface area contributed by atoms with Crippen molar-refractivity contribution in [2.75, 3.05) is 6.54 Å². The maximum Gasteiger partial charge on any atom is 0.0144 e. The Kier molecular flexibility index (Phi) is 5.47. The number of thiophene rings is 1. The maximum absolute atomic E-state index is 3.81. The molecule has 0 aliphatic heterocycles. The SMILES string of the molecule is CCCNC(Cc1cccs1)C1CCC(C)(C)CC1. The van der Waals surface area contributed by atoms with E-state index in [1.165, 1.54) is 38.5 Å². The Morgan fingerprint density at radius 2 is 2.11 bits per heavy atom. The van der Waals surface area contributed by atoms with Crippen molar-refractivity contribution in [1.82, 2.24) is 5.32 Å². The van der Waals surface area contributed by atoms with Crippen molar-refractivity contribution >= 4 is 11.3 Å². The third-order valence-corrected chi connectivity index (χ3v) is 5.51. The highest BCUT2D eigenvalue weighted by Crippen LogP contribution is 2.39. The largest absolute Gasteiger partial charge is 0.313 e. The molecule has 0 aromatic carbocycles. The fraction of sp³-hybridized carbons (Fsp3) is 0.765. The molecule has 1 atom stereocenters. The van der Waals surface area contributed by atoms with Gasteiger partial charge in [-0.3, -0.25) is 0 Å². The van der Waals surface area contributed by atoms with Gasteiger partial charge in [0, 0.05) is 10.9 Å². The summed E-state index contributed by atoms with van der Waals surface area (Å²) in [4.78, 5) is 1.54. The lowest BCUT2D eigenvalue weighted by Gasteiger charge is -2.38. The second-order valence-corrected chi connectivity index (χ2v) is 7.88. The van der Waals surface area contributed by atoms with Crippen molar-refractivity contribution < 1.29 is 0 Å². The van der Waals surface area contributed by atoms with Crippen LogP contribution in [0.25, 0.3) is 0 Å². The lowest BCUT2D eigenvalue weighted by atomic mass is 9.70. The number of hydrogen-bond acceptors (Lipinski definition) is 2. The van der Waals surface area contributed by atoms with Crippen molar-refractivity contribution in [2.24, 2.45) is 11.3 Å². The molecule has 1 unspecified atom stereocenters. The van der Waals surface area contributed by atoms with Gasteiger partial charge in [-0.05, 0) is 67.8 Å². The summed E-state index contributed by atoms with van der Waals surface area (Å²) in [6.45, 7) is 8.28. The molecule has 2 heteroatoms. The predicted molar refractivity (Wildman–Crippen MR) is 85.8 cm³/mol. The molecular formula is C17H29NS. The summed E-state index contributed by atoms with van der Waals surface area (Å²) in [5.74, 6) is 0.877. The van der Waals surface area contributed by atoms with Crippen LogP contribution >= 0.6 is 11.3 Å². The molecule has 19 heavy (non-hydrogen) atoms. The van der Waals surface area contributed by atoms with E-state index in [1.807, 2.05) is 11.3 Å². The topological polar surface area (TPSA) is 12.0 Å². The molecule has 1 aromatic rings. The van der Waals surface area contributed by atoms with Gasteiger partial charge in [-0.15, -0.1) is 11.3 Å². The monoisotopic (exact) mass is 279 g/mol. The maximum atomic E-state index is 3.81. The molecule has 1 aliphatic rings. The lowest BCUT2D eigenvalue weighted by molar-refractivity contribution is 0.161. The van der Waals surface area contributed by atoms with Crippen molar-refractivity contribution in [1.29, 1.82) is 0 Å². The molecule has 0 bridgehead atoms. The summed E-state index contributed by atoms with van der Waals surface area (Å²) in [5, 5.41) is 6.02. The molecular weight excluding hydrogens is 250 g/mol. The van der Waals surface area contributed by atoms with Gasteiger partial charge in [0.05, 0.1) is 0 Å². The average Bonchev–Trinajstić information content (AvgIpc) is 2.87. The molecule has 1 aromatic heterocycles. The number of nitrogens with one attached hydrogen (secondary N) is 1. The zero-order valence-electron chi connectivity index (χ0n) is 12.7. The van der Waals surface area contributed by atoms with Gasteiger partial charge in [-0.25, -0.2) is 0 Å². The van der Waals surface area contributed by atoms with E-state index >= 15 is 0 Å². The highest BCUT2D eigenvalue weighted by molar-refractivity contribution is 7.09. The van der Waals surface area contributed by atoms with Crippen LogP contribution in [0.15, 0.2) is 17.5 Å².